The number of hydrazine groups is 1. The lowest BCUT2D eigenvalue weighted by molar-refractivity contribution is -0.138. The van der Waals surface area contributed by atoms with Crippen molar-refractivity contribution in [1.82, 2.24) is 15.4 Å². The average Bonchev–Trinajstić information content (AvgIpc) is 2.66. The molecule has 2 heterocycles. The number of carbonyl (C=O) groups is 1. The molecule has 20 heavy (non-hydrogen) atoms. The van der Waals surface area contributed by atoms with Crippen molar-refractivity contribution in [3.05, 3.63) is 24.0 Å². The summed E-state index contributed by atoms with van der Waals surface area (Å²) in [5, 5.41) is 1.75. The Kier molecular flexibility index (Phi) is 4.28. The summed E-state index contributed by atoms with van der Waals surface area (Å²) >= 11 is 0. The minimum atomic E-state index is -0.270. The van der Waals surface area contributed by atoms with Gasteiger partial charge >= 0.3 is 0 Å². The van der Waals surface area contributed by atoms with Gasteiger partial charge < -0.3 is 5.73 Å². The normalized spacial score (nSPS) is 19.4. The van der Waals surface area contributed by atoms with Crippen molar-refractivity contribution in [3.63, 3.8) is 0 Å². The molecule has 110 valence electrons. The second kappa shape index (κ2) is 5.79. The summed E-state index contributed by atoms with van der Waals surface area (Å²) in [6, 6.07) is 1.98. The zero-order valence-electron chi connectivity index (χ0n) is 12.5. The van der Waals surface area contributed by atoms with Crippen LogP contribution in [0.4, 0.5) is 5.69 Å². The van der Waals surface area contributed by atoms with E-state index in [1.54, 1.807) is 17.4 Å². The van der Waals surface area contributed by atoms with Crippen molar-refractivity contribution in [2.45, 2.75) is 46.1 Å². The van der Waals surface area contributed by atoms with Crippen molar-refractivity contribution in [2.75, 3.05) is 12.3 Å². The molecule has 1 amide bonds. The minimum absolute atomic E-state index is 0.0563. The maximum atomic E-state index is 12.3. The monoisotopic (exact) mass is 276 g/mol. The topological polar surface area (TPSA) is 71.2 Å². The van der Waals surface area contributed by atoms with Crippen LogP contribution in [0.2, 0.25) is 0 Å². The van der Waals surface area contributed by atoms with Crippen LogP contribution < -0.4 is 11.2 Å². The number of nitrogens with two attached hydrogens (primary N) is 1. The molecule has 0 aliphatic carbocycles. The quantitative estimate of drug-likeness (QED) is 0.865. The molecule has 1 unspecified atom stereocenters. The summed E-state index contributed by atoms with van der Waals surface area (Å²) in [7, 11) is 0. The molecule has 0 spiro atoms. The van der Waals surface area contributed by atoms with Crippen LogP contribution in [0.1, 0.15) is 51.6 Å². The lowest BCUT2D eigenvalue weighted by Crippen LogP contribution is -2.43. The third kappa shape index (κ3) is 2.93. The van der Waals surface area contributed by atoms with Crippen molar-refractivity contribution < 1.29 is 4.79 Å². The highest BCUT2D eigenvalue weighted by Crippen LogP contribution is 2.31. The highest BCUT2D eigenvalue weighted by atomic mass is 16.2. The number of amides is 1. The number of rotatable bonds is 5. The van der Waals surface area contributed by atoms with Crippen LogP contribution in [0, 0.1) is 5.41 Å². The van der Waals surface area contributed by atoms with Crippen LogP contribution in [0.3, 0.4) is 0 Å². The van der Waals surface area contributed by atoms with Gasteiger partial charge in [-0.15, -0.1) is 0 Å². The Bertz CT molecular complexity index is 487. The Balaban J connectivity index is 2.15. The third-order valence-electron chi connectivity index (χ3n) is 3.94. The first-order chi connectivity index (χ1) is 9.45. The van der Waals surface area contributed by atoms with Gasteiger partial charge in [-0.3, -0.25) is 14.8 Å². The first kappa shape index (κ1) is 14.8. The predicted octanol–water partition coefficient (Wildman–Crippen LogP) is 2.27. The molecule has 1 aliphatic heterocycles. The van der Waals surface area contributed by atoms with E-state index in [1.807, 2.05) is 19.9 Å². The Morgan fingerprint density at radius 2 is 2.30 bits per heavy atom. The summed E-state index contributed by atoms with van der Waals surface area (Å²) in [6.45, 7) is 6.86. The van der Waals surface area contributed by atoms with Crippen LogP contribution in [0.25, 0.3) is 0 Å². The van der Waals surface area contributed by atoms with E-state index in [0.717, 1.165) is 31.4 Å². The standard InChI is InChI=1S/C15H24N4O/c1-4-5-13(11-6-8-17-10-12(11)16)18-19-9-7-15(2,3)14(19)20/h6,8,10,13,18H,4-5,7,9,16H2,1-3H3. The van der Waals surface area contributed by atoms with E-state index >= 15 is 0 Å². The number of pyridine rings is 1. The zero-order valence-corrected chi connectivity index (χ0v) is 12.5. The number of anilines is 1. The smallest absolute Gasteiger partial charge is 0.242 e. The molecule has 0 bridgehead atoms. The number of nitrogens with one attached hydrogen (secondary N) is 1. The first-order valence-corrected chi connectivity index (χ1v) is 7.23. The lowest BCUT2D eigenvalue weighted by Gasteiger charge is -2.27. The van der Waals surface area contributed by atoms with Crippen LogP contribution in [0.5, 0.6) is 0 Å². The van der Waals surface area contributed by atoms with Gasteiger partial charge in [0.2, 0.25) is 5.91 Å². The van der Waals surface area contributed by atoms with E-state index in [9.17, 15) is 4.79 Å². The summed E-state index contributed by atoms with van der Waals surface area (Å²) < 4.78 is 0. The van der Waals surface area contributed by atoms with E-state index in [0.29, 0.717) is 5.69 Å². The van der Waals surface area contributed by atoms with E-state index in [1.165, 1.54) is 0 Å². The molecule has 2 rings (SSSR count). The van der Waals surface area contributed by atoms with Crippen LogP contribution in [-0.4, -0.2) is 22.4 Å². The second-order valence-corrected chi connectivity index (χ2v) is 6.07. The van der Waals surface area contributed by atoms with Gasteiger partial charge in [0.25, 0.3) is 0 Å². The molecule has 5 nitrogen and oxygen atoms in total. The Morgan fingerprint density at radius 1 is 1.55 bits per heavy atom. The third-order valence-corrected chi connectivity index (χ3v) is 3.94. The number of nitrogens with zero attached hydrogens (tertiary/aromatic N) is 2. The van der Waals surface area contributed by atoms with Gasteiger partial charge in [-0.25, -0.2) is 5.43 Å². The molecular formula is C15H24N4O. The maximum absolute atomic E-state index is 12.3. The van der Waals surface area contributed by atoms with E-state index in [-0.39, 0.29) is 17.4 Å². The van der Waals surface area contributed by atoms with Gasteiger partial charge in [0.1, 0.15) is 0 Å². The summed E-state index contributed by atoms with van der Waals surface area (Å²) in [6.07, 6.45) is 6.23. The van der Waals surface area contributed by atoms with Gasteiger partial charge in [-0.1, -0.05) is 27.2 Å². The molecule has 0 aromatic carbocycles. The zero-order chi connectivity index (χ0) is 14.8. The van der Waals surface area contributed by atoms with Gasteiger partial charge in [0.15, 0.2) is 0 Å². The largest absolute Gasteiger partial charge is 0.397 e. The van der Waals surface area contributed by atoms with Crippen molar-refractivity contribution in [2.24, 2.45) is 5.41 Å². The molecule has 0 saturated carbocycles. The van der Waals surface area contributed by atoms with Crippen molar-refractivity contribution in [3.8, 4) is 0 Å². The maximum Gasteiger partial charge on any atom is 0.242 e. The van der Waals surface area contributed by atoms with Crippen molar-refractivity contribution >= 4 is 11.6 Å². The predicted molar refractivity (Wildman–Crippen MR) is 79.5 cm³/mol. The van der Waals surface area contributed by atoms with Gasteiger partial charge in [-0.05, 0) is 24.5 Å². The Labute approximate surface area is 120 Å². The SMILES string of the molecule is CCCC(NN1CCC(C)(C)C1=O)c1ccncc1N. The molecule has 1 aromatic rings. The van der Waals surface area contributed by atoms with Crippen LogP contribution in [0.15, 0.2) is 18.5 Å². The number of aromatic nitrogens is 1. The van der Waals surface area contributed by atoms with E-state index in [4.69, 9.17) is 5.73 Å². The highest BCUT2D eigenvalue weighted by molar-refractivity contribution is 5.83. The van der Waals surface area contributed by atoms with Crippen LogP contribution in [-0.2, 0) is 4.79 Å². The number of nitrogen functional groups attached to an aromatic ring is 1. The van der Waals surface area contributed by atoms with E-state index < -0.39 is 0 Å². The molecule has 1 fully saturated rings. The molecule has 3 N–H and O–H groups in total. The summed E-state index contributed by atoms with van der Waals surface area (Å²) in [5.74, 6) is 0.159. The Hall–Kier alpha value is -1.62. The van der Waals surface area contributed by atoms with Gasteiger partial charge in [0.05, 0.1) is 17.9 Å². The molecule has 0 radical (unpaired) electrons. The number of hydrogen-bond donors (Lipinski definition) is 2. The second-order valence-electron chi connectivity index (χ2n) is 6.07. The van der Waals surface area contributed by atoms with E-state index in [2.05, 4.69) is 17.3 Å². The molecule has 1 aliphatic rings. The highest BCUT2D eigenvalue weighted by Gasteiger charge is 2.39. The van der Waals surface area contributed by atoms with Gasteiger partial charge in [0, 0.05) is 18.2 Å². The molecule has 1 saturated heterocycles. The lowest BCUT2D eigenvalue weighted by atomic mass is 9.92. The fourth-order valence-corrected chi connectivity index (χ4v) is 2.59. The number of hydrogen-bond acceptors (Lipinski definition) is 4. The minimum Gasteiger partial charge on any atom is -0.397 e. The fourth-order valence-electron chi connectivity index (χ4n) is 2.59. The molecule has 1 atom stereocenters. The fraction of sp³-hybridized carbons (Fsp3) is 0.600. The van der Waals surface area contributed by atoms with Gasteiger partial charge in [-0.2, -0.15) is 0 Å². The number of carbonyl (C=O) groups excluding carboxylic acids is 1. The average molecular weight is 276 g/mol. The van der Waals surface area contributed by atoms with Crippen molar-refractivity contribution in [1.29, 1.82) is 0 Å². The Morgan fingerprint density at radius 3 is 2.85 bits per heavy atom. The summed E-state index contributed by atoms with van der Waals surface area (Å²) in [4.78, 5) is 16.3. The molecule has 1 aromatic heterocycles. The first-order valence-electron chi connectivity index (χ1n) is 7.23. The summed E-state index contributed by atoms with van der Waals surface area (Å²) in [5.41, 5.74) is 10.8. The molecular weight excluding hydrogens is 252 g/mol. The molecule has 5 heteroatoms. The van der Waals surface area contributed by atoms with Crippen LogP contribution >= 0.6 is 0 Å².